The van der Waals surface area contributed by atoms with E-state index in [1.165, 1.54) is 9.75 Å². The highest BCUT2D eigenvalue weighted by Crippen LogP contribution is 2.26. The number of hydrogen-bond acceptors (Lipinski definition) is 4. The maximum Gasteiger partial charge on any atom is 0.320 e. The highest BCUT2D eigenvalue weighted by molar-refractivity contribution is 7.12. The van der Waals surface area contributed by atoms with Gasteiger partial charge in [0.15, 0.2) is 5.82 Å². The molecule has 0 aliphatic carbocycles. The van der Waals surface area contributed by atoms with E-state index in [-0.39, 0.29) is 12.1 Å². The average Bonchev–Trinajstić information content (AvgIpc) is 2.84. The summed E-state index contributed by atoms with van der Waals surface area (Å²) in [4.78, 5) is 14.3. The lowest BCUT2D eigenvalue weighted by molar-refractivity contribution is 0.249. The van der Waals surface area contributed by atoms with E-state index >= 15 is 0 Å². The molecule has 0 saturated carbocycles. The van der Waals surface area contributed by atoms with Gasteiger partial charge in [0.25, 0.3) is 0 Å². The van der Waals surface area contributed by atoms with Crippen LogP contribution < -0.4 is 10.6 Å². The molecule has 2 amide bonds. The molecule has 0 radical (unpaired) electrons. The monoisotopic (exact) mass is 279 g/mol. The molecule has 2 heterocycles. The number of anilines is 1. The van der Waals surface area contributed by atoms with Crippen molar-refractivity contribution >= 4 is 23.2 Å². The molecule has 2 aromatic rings. The zero-order chi connectivity index (χ0) is 14.0. The highest BCUT2D eigenvalue weighted by Gasteiger charge is 2.14. The Morgan fingerprint density at radius 3 is 2.63 bits per heavy atom. The van der Waals surface area contributed by atoms with Crippen molar-refractivity contribution in [1.29, 1.82) is 0 Å². The number of urea groups is 1. The third kappa shape index (κ3) is 3.35. The van der Waals surface area contributed by atoms with Crippen molar-refractivity contribution in [1.82, 2.24) is 10.5 Å². The Kier molecular flexibility index (Phi) is 3.90. The lowest BCUT2D eigenvalue weighted by Gasteiger charge is -2.13. The second-order valence-electron chi connectivity index (χ2n) is 4.51. The molecule has 0 spiro atoms. The Hall–Kier alpha value is -1.82. The number of nitrogens with one attached hydrogen (secondary N) is 2. The first kappa shape index (κ1) is 13.6. The van der Waals surface area contributed by atoms with Crippen LogP contribution in [0.25, 0.3) is 0 Å². The van der Waals surface area contributed by atoms with Crippen LogP contribution >= 0.6 is 11.3 Å². The third-order valence-corrected chi connectivity index (χ3v) is 3.74. The van der Waals surface area contributed by atoms with Gasteiger partial charge in [0.05, 0.1) is 6.04 Å². The predicted molar refractivity (Wildman–Crippen MR) is 75.6 cm³/mol. The van der Waals surface area contributed by atoms with Crippen molar-refractivity contribution in [2.75, 3.05) is 5.32 Å². The van der Waals surface area contributed by atoms with Gasteiger partial charge in [0.1, 0.15) is 5.76 Å². The zero-order valence-electron chi connectivity index (χ0n) is 11.4. The van der Waals surface area contributed by atoms with Crippen LogP contribution in [0, 0.1) is 20.8 Å². The first-order valence-corrected chi connectivity index (χ1v) is 6.85. The van der Waals surface area contributed by atoms with Crippen molar-refractivity contribution < 1.29 is 9.32 Å². The smallest absolute Gasteiger partial charge is 0.320 e. The quantitative estimate of drug-likeness (QED) is 0.903. The van der Waals surface area contributed by atoms with Gasteiger partial charge in [-0.1, -0.05) is 5.16 Å². The molecule has 0 aliphatic heterocycles. The van der Waals surface area contributed by atoms with E-state index in [2.05, 4.69) is 35.7 Å². The number of thiophene rings is 1. The summed E-state index contributed by atoms with van der Waals surface area (Å²) in [5.74, 6) is 1.08. The van der Waals surface area contributed by atoms with Crippen LogP contribution in [0.2, 0.25) is 0 Å². The molecule has 2 aromatic heterocycles. The maximum atomic E-state index is 11.8. The summed E-state index contributed by atoms with van der Waals surface area (Å²) in [6, 6.07) is 3.44. The van der Waals surface area contributed by atoms with Gasteiger partial charge in [-0.05, 0) is 39.3 Å². The van der Waals surface area contributed by atoms with E-state index in [0.29, 0.717) is 11.6 Å². The third-order valence-electron chi connectivity index (χ3n) is 2.76. The molecule has 0 aromatic carbocycles. The van der Waals surface area contributed by atoms with Crippen molar-refractivity contribution in [3.8, 4) is 0 Å². The van der Waals surface area contributed by atoms with Crippen LogP contribution in [-0.4, -0.2) is 11.2 Å². The Bertz CT molecular complexity index is 588. The highest BCUT2D eigenvalue weighted by atomic mass is 32.1. The molecule has 0 saturated heterocycles. The number of carbonyl (C=O) groups is 1. The topological polar surface area (TPSA) is 67.2 Å². The fourth-order valence-electron chi connectivity index (χ4n) is 1.93. The van der Waals surface area contributed by atoms with Crippen LogP contribution in [0.5, 0.6) is 0 Å². The van der Waals surface area contributed by atoms with Gasteiger partial charge in [-0.15, -0.1) is 11.3 Å². The molecule has 0 unspecified atom stereocenters. The summed E-state index contributed by atoms with van der Waals surface area (Å²) in [6.07, 6.45) is 0. The molecule has 6 heteroatoms. The summed E-state index contributed by atoms with van der Waals surface area (Å²) in [5.41, 5.74) is 1.15. The van der Waals surface area contributed by atoms with Crippen molar-refractivity contribution in [2.45, 2.75) is 33.7 Å². The van der Waals surface area contributed by atoms with Crippen LogP contribution in [0.3, 0.4) is 0 Å². The van der Waals surface area contributed by atoms with Crippen LogP contribution in [-0.2, 0) is 0 Å². The summed E-state index contributed by atoms with van der Waals surface area (Å²) >= 11 is 1.73. The summed E-state index contributed by atoms with van der Waals surface area (Å²) < 4.78 is 4.89. The van der Waals surface area contributed by atoms with E-state index in [9.17, 15) is 4.79 Å². The predicted octanol–water partition coefficient (Wildman–Crippen LogP) is 3.54. The Labute approximate surface area is 116 Å². The molecule has 0 bridgehead atoms. The zero-order valence-corrected chi connectivity index (χ0v) is 12.2. The van der Waals surface area contributed by atoms with Gasteiger partial charge >= 0.3 is 6.03 Å². The van der Waals surface area contributed by atoms with E-state index in [1.807, 2.05) is 6.92 Å². The van der Waals surface area contributed by atoms with Crippen molar-refractivity contribution in [2.24, 2.45) is 0 Å². The Morgan fingerprint density at radius 1 is 1.37 bits per heavy atom. The largest absolute Gasteiger partial charge is 0.360 e. The first-order valence-electron chi connectivity index (χ1n) is 6.03. The lowest BCUT2D eigenvalue weighted by Crippen LogP contribution is -2.31. The molecule has 19 heavy (non-hydrogen) atoms. The number of amides is 2. The second kappa shape index (κ2) is 5.44. The second-order valence-corrected chi connectivity index (χ2v) is 5.97. The number of aryl methyl sites for hydroxylation is 3. The van der Waals surface area contributed by atoms with Gasteiger partial charge in [-0.25, -0.2) is 4.79 Å². The normalized spacial score (nSPS) is 12.2. The number of carbonyl (C=O) groups excluding carboxylic acids is 1. The number of hydrogen-bond donors (Lipinski definition) is 2. The van der Waals surface area contributed by atoms with Crippen molar-refractivity contribution in [3.05, 3.63) is 33.2 Å². The number of nitrogens with zero attached hydrogens (tertiary/aromatic N) is 1. The minimum absolute atomic E-state index is 0.0436. The fourth-order valence-corrected chi connectivity index (χ4v) is 2.95. The van der Waals surface area contributed by atoms with Gasteiger partial charge in [-0.2, -0.15) is 0 Å². The van der Waals surface area contributed by atoms with E-state index in [4.69, 9.17) is 4.52 Å². The maximum absolute atomic E-state index is 11.8. The molecular weight excluding hydrogens is 262 g/mol. The van der Waals surface area contributed by atoms with Crippen LogP contribution in [0.1, 0.15) is 34.0 Å². The summed E-state index contributed by atoms with van der Waals surface area (Å²) in [6.45, 7) is 7.86. The molecule has 2 N–H and O–H groups in total. The van der Waals surface area contributed by atoms with Crippen LogP contribution in [0.15, 0.2) is 16.7 Å². The molecule has 5 nitrogen and oxygen atoms in total. The number of rotatable bonds is 3. The minimum Gasteiger partial charge on any atom is -0.360 e. The fraction of sp³-hybridized carbons (Fsp3) is 0.385. The van der Waals surface area contributed by atoms with Gasteiger partial charge in [0, 0.05) is 15.8 Å². The molecule has 0 fully saturated rings. The van der Waals surface area contributed by atoms with Crippen LogP contribution in [0.4, 0.5) is 10.6 Å². The first-order chi connectivity index (χ1) is 8.95. The standard InChI is InChI=1S/C13H17N3O2S/c1-7-5-12(16-18-7)15-13(17)14-9(3)11-6-8(2)19-10(11)4/h5-6,9H,1-4H3,(H2,14,15,16,17)/t9-/m1/s1. The molecule has 2 rings (SSSR count). The van der Waals surface area contributed by atoms with E-state index < -0.39 is 0 Å². The molecule has 0 aliphatic rings. The minimum atomic E-state index is -0.288. The van der Waals surface area contributed by atoms with Gasteiger partial charge in [0.2, 0.25) is 0 Å². The molecule has 1 atom stereocenters. The lowest BCUT2D eigenvalue weighted by atomic mass is 10.1. The summed E-state index contributed by atoms with van der Waals surface area (Å²) in [5, 5.41) is 9.23. The molecule has 102 valence electrons. The van der Waals surface area contributed by atoms with Gasteiger partial charge in [-0.3, -0.25) is 5.32 Å². The number of aromatic nitrogens is 1. The SMILES string of the molecule is Cc1cc(NC(=O)N[C@H](C)c2cc(C)sc2C)no1. The molecular formula is C13H17N3O2S. The Balaban J connectivity index is 1.97. The Morgan fingerprint density at radius 2 is 2.11 bits per heavy atom. The average molecular weight is 279 g/mol. The summed E-state index contributed by atoms with van der Waals surface area (Å²) in [7, 11) is 0. The van der Waals surface area contributed by atoms with Crippen molar-refractivity contribution in [3.63, 3.8) is 0 Å². The van der Waals surface area contributed by atoms with Gasteiger partial charge < -0.3 is 9.84 Å². The van der Waals surface area contributed by atoms with E-state index in [1.54, 1.807) is 24.3 Å². The van der Waals surface area contributed by atoms with E-state index in [0.717, 1.165) is 5.56 Å².